The molecule has 84 valence electrons. The number of nitrogens with two attached hydrogens (primary N) is 1. The van der Waals surface area contributed by atoms with Crippen LogP contribution in [0, 0.1) is 6.92 Å². The van der Waals surface area contributed by atoms with Crippen molar-refractivity contribution in [2.24, 2.45) is 5.84 Å². The van der Waals surface area contributed by atoms with Gasteiger partial charge in [0.25, 0.3) is 0 Å². The third-order valence-corrected chi connectivity index (χ3v) is 3.56. The van der Waals surface area contributed by atoms with E-state index in [1.807, 2.05) is 31.2 Å². The molecule has 1 amide bonds. The van der Waals surface area contributed by atoms with Gasteiger partial charge < -0.3 is 4.98 Å². The van der Waals surface area contributed by atoms with E-state index in [-0.39, 0.29) is 5.91 Å². The molecular formula is C11H13N3OS. The van der Waals surface area contributed by atoms with Gasteiger partial charge in [0.1, 0.15) is 0 Å². The molecule has 0 aliphatic rings. The van der Waals surface area contributed by atoms with E-state index in [9.17, 15) is 4.79 Å². The number of hydrogen-bond donors (Lipinski definition) is 3. The quantitative estimate of drug-likeness (QED) is 0.327. The third-order valence-electron chi connectivity index (χ3n) is 2.34. The standard InChI is InChI=1S/C11H13N3OS/c1-7-11(16-6-10(15)14-12)8-4-2-3-5-9(8)13-7/h2-5,13H,6,12H2,1H3,(H,14,15). The number of amides is 1. The minimum absolute atomic E-state index is 0.172. The predicted octanol–water partition coefficient (Wildman–Crippen LogP) is 1.56. The molecule has 2 aromatic rings. The van der Waals surface area contributed by atoms with E-state index in [1.54, 1.807) is 0 Å². The van der Waals surface area contributed by atoms with E-state index < -0.39 is 0 Å². The van der Waals surface area contributed by atoms with Gasteiger partial charge in [0.2, 0.25) is 5.91 Å². The maximum Gasteiger partial charge on any atom is 0.244 e. The number of H-pyrrole nitrogens is 1. The van der Waals surface area contributed by atoms with Crippen LogP contribution in [-0.4, -0.2) is 16.6 Å². The summed E-state index contributed by atoms with van der Waals surface area (Å²) in [5.41, 5.74) is 4.30. The number of aromatic nitrogens is 1. The summed E-state index contributed by atoms with van der Waals surface area (Å²) in [5.74, 6) is 5.20. The van der Waals surface area contributed by atoms with Crippen molar-refractivity contribution in [2.75, 3.05) is 5.75 Å². The zero-order valence-corrected chi connectivity index (χ0v) is 9.73. The second-order valence-corrected chi connectivity index (χ2v) is 4.47. The smallest absolute Gasteiger partial charge is 0.244 e. The number of carbonyl (C=O) groups is 1. The van der Waals surface area contributed by atoms with Gasteiger partial charge in [0.15, 0.2) is 0 Å². The number of hydrogen-bond acceptors (Lipinski definition) is 3. The Morgan fingerprint density at radius 2 is 2.25 bits per heavy atom. The van der Waals surface area contributed by atoms with Gasteiger partial charge in [-0.05, 0) is 13.0 Å². The normalized spacial score (nSPS) is 10.6. The minimum atomic E-state index is -0.172. The van der Waals surface area contributed by atoms with Crippen LogP contribution in [0.3, 0.4) is 0 Å². The average molecular weight is 235 g/mol. The van der Waals surface area contributed by atoms with Crippen LogP contribution in [0.5, 0.6) is 0 Å². The molecule has 0 spiro atoms. The van der Waals surface area contributed by atoms with Crippen LogP contribution in [0.1, 0.15) is 5.69 Å². The first-order chi connectivity index (χ1) is 7.72. The Balaban J connectivity index is 2.29. The van der Waals surface area contributed by atoms with Gasteiger partial charge in [-0.25, -0.2) is 5.84 Å². The summed E-state index contributed by atoms with van der Waals surface area (Å²) in [4.78, 5) is 15.5. The summed E-state index contributed by atoms with van der Waals surface area (Å²) in [7, 11) is 0. The fourth-order valence-corrected chi connectivity index (χ4v) is 2.58. The second-order valence-electron chi connectivity index (χ2n) is 3.48. The molecule has 2 rings (SSSR count). The Labute approximate surface area is 97.6 Å². The van der Waals surface area contributed by atoms with E-state index in [1.165, 1.54) is 11.8 Å². The highest BCUT2D eigenvalue weighted by atomic mass is 32.2. The molecule has 1 aromatic carbocycles. The van der Waals surface area contributed by atoms with Gasteiger partial charge in [0.05, 0.1) is 5.75 Å². The molecule has 0 aliphatic heterocycles. The fraction of sp³-hybridized carbons (Fsp3) is 0.182. The summed E-state index contributed by atoms with van der Waals surface area (Å²) in [6.45, 7) is 2.00. The van der Waals surface area contributed by atoms with Gasteiger partial charge >= 0.3 is 0 Å². The first-order valence-corrected chi connectivity index (χ1v) is 5.90. The summed E-state index contributed by atoms with van der Waals surface area (Å²) < 4.78 is 0. The van der Waals surface area contributed by atoms with Crippen LogP contribution in [0.4, 0.5) is 0 Å². The summed E-state index contributed by atoms with van der Waals surface area (Å²) in [6, 6.07) is 8.04. The molecule has 0 aliphatic carbocycles. The zero-order valence-electron chi connectivity index (χ0n) is 8.91. The molecule has 0 atom stereocenters. The predicted molar refractivity (Wildman–Crippen MR) is 66.1 cm³/mol. The zero-order chi connectivity index (χ0) is 11.5. The maximum absolute atomic E-state index is 11.1. The largest absolute Gasteiger partial charge is 0.358 e. The summed E-state index contributed by atoms with van der Waals surface area (Å²) in [6.07, 6.45) is 0. The number of para-hydroxylation sites is 1. The van der Waals surface area contributed by atoms with Gasteiger partial charge in [0, 0.05) is 21.5 Å². The number of aromatic amines is 1. The molecule has 0 radical (unpaired) electrons. The van der Waals surface area contributed by atoms with Crippen LogP contribution in [-0.2, 0) is 4.79 Å². The van der Waals surface area contributed by atoms with Gasteiger partial charge in [-0.1, -0.05) is 18.2 Å². The SMILES string of the molecule is Cc1[nH]c2ccccc2c1SCC(=O)NN. The van der Waals surface area contributed by atoms with Crippen molar-refractivity contribution in [3.05, 3.63) is 30.0 Å². The van der Waals surface area contributed by atoms with Crippen molar-refractivity contribution in [1.82, 2.24) is 10.4 Å². The van der Waals surface area contributed by atoms with Crippen LogP contribution < -0.4 is 11.3 Å². The van der Waals surface area contributed by atoms with Crippen molar-refractivity contribution in [2.45, 2.75) is 11.8 Å². The van der Waals surface area contributed by atoms with Crippen LogP contribution in [0.2, 0.25) is 0 Å². The molecule has 4 nitrogen and oxygen atoms in total. The van der Waals surface area contributed by atoms with Crippen molar-refractivity contribution >= 4 is 28.6 Å². The first kappa shape index (κ1) is 11.0. The Hall–Kier alpha value is -1.46. The van der Waals surface area contributed by atoms with Crippen molar-refractivity contribution in [3.63, 3.8) is 0 Å². The van der Waals surface area contributed by atoms with Crippen molar-refractivity contribution in [3.8, 4) is 0 Å². The molecule has 0 fully saturated rings. The van der Waals surface area contributed by atoms with Gasteiger partial charge in [-0.2, -0.15) is 0 Å². The molecule has 4 N–H and O–H groups in total. The molecule has 0 unspecified atom stereocenters. The monoisotopic (exact) mass is 235 g/mol. The van der Waals surface area contributed by atoms with E-state index in [2.05, 4.69) is 10.4 Å². The highest BCUT2D eigenvalue weighted by Gasteiger charge is 2.09. The molecule has 1 heterocycles. The van der Waals surface area contributed by atoms with E-state index in [0.717, 1.165) is 21.5 Å². The van der Waals surface area contributed by atoms with Gasteiger partial charge in [-0.3, -0.25) is 10.2 Å². The Kier molecular flexibility index (Phi) is 3.17. The lowest BCUT2D eigenvalue weighted by Gasteiger charge is -2.00. The molecule has 0 bridgehead atoms. The number of carbonyl (C=O) groups excluding carboxylic acids is 1. The van der Waals surface area contributed by atoms with Crippen LogP contribution in [0.15, 0.2) is 29.2 Å². The highest BCUT2D eigenvalue weighted by molar-refractivity contribution is 8.00. The summed E-state index contributed by atoms with van der Waals surface area (Å²) >= 11 is 1.49. The number of nitrogens with one attached hydrogen (secondary N) is 2. The minimum Gasteiger partial charge on any atom is -0.358 e. The maximum atomic E-state index is 11.1. The lowest BCUT2D eigenvalue weighted by molar-refractivity contribution is -0.118. The van der Waals surface area contributed by atoms with Crippen molar-refractivity contribution in [1.29, 1.82) is 0 Å². The topological polar surface area (TPSA) is 70.9 Å². The van der Waals surface area contributed by atoms with Crippen LogP contribution in [0.25, 0.3) is 10.9 Å². The highest BCUT2D eigenvalue weighted by Crippen LogP contribution is 2.30. The Morgan fingerprint density at radius 1 is 1.50 bits per heavy atom. The fourth-order valence-electron chi connectivity index (χ4n) is 1.62. The van der Waals surface area contributed by atoms with E-state index in [0.29, 0.717) is 5.75 Å². The summed E-state index contributed by atoms with van der Waals surface area (Å²) in [5, 5.41) is 1.15. The van der Waals surface area contributed by atoms with Gasteiger partial charge in [-0.15, -0.1) is 11.8 Å². The number of benzene rings is 1. The molecule has 1 aromatic heterocycles. The van der Waals surface area contributed by atoms with E-state index >= 15 is 0 Å². The Morgan fingerprint density at radius 3 is 3.00 bits per heavy atom. The molecule has 0 saturated carbocycles. The van der Waals surface area contributed by atoms with E-state index in [4.69, 9.17) is 5.84 Å². The molecular weight excluding hydrogens is 222 g/mol. The average Bonchev–Trinajstić information content (AvgIpc) is 2.62. The first-order valence-electron chi connectivity index (χ1n) is 4.92. The number of thioether (sulfide) groups is 1. The van der Waals surface area contributed by atoms with Crippen molar-refractivity contribution < 1.29 is 4.79 Å². The lowest BCUT2D eigenvalue weighted by atomic mass is 10.2. The molecule has 16 heavy (non-hydrogen) atoms. The lowest BCUT2D eigenvalue weighted by Crippen LogP contribution is -2.31. The molecule has 0 saturated heterocycles. The number of rotatable bonds is 3. The third kappa shape index (κ3) is 2.05. The number of aryl methyl sites for hydroxylation is 1. The Bertz CT molecular complexity index is 521. The number of fused-ring (bicyclic) bond motifs is 1. The second kappa shape index (κ2) is 4.59. The number of hydrazine groups is 1. The van der Waals surface area contributed by atoms with Crippen LogP contribution >= 0.6 is 11.8 Å². The molecule has 5 heteroatoms.